The van der Waals surface area contributed by atoms with Crippen molar-refractivity contribution in [1.29, 1.82) is 0 Å². The van der Waals surface area contributed by atoms with E-state index in [1.54, 1.807) is 0 Å². The third-order valence-electron chi connectivity index (χ3n) is 4.12. The molecule has 0 spiro atoms. The highest BCUT2D eigenvalue weighted by molar-refractivity contribution is 5.63. The molecular formula is C18H25N5. The van der Waals surface area contributed by atoms with Crippen molar-refractivity contribution in [3.8, 4) is 11.4 Å². The molecule has 0 amide bonds. The Balaban J connectivity index is 2.05. The molecule has 0 bridgehead atoms. The van der Waals surface area contributed by atoms with Crippen LogP contribution in [0.3, 0.4) is 0 Å². The molecule has 0 radical (unpaired) electrons. The van der Waals surface area contributed by atoms with Crippen molar-refractivity contribution in [3.05, 3.63) is 35.5 Å². The predicted molar refractivity (Wildman–Crippen MR) is 95.2 cm³/mol. The van der Waals surface area contributed by atoms with Gasteiger partial charge in [0.05, 0.1) is 5.69 Å². The second-order valence-corrected chi connectivity index (χ2v) is 6.01. The van der Waals surface area contributed by atoms with Crippen LogP contribution >= 0.6 is 0 Å². The lowest BCUT2D eigenvalue weighted by atomic mass is 10.1. The molecule has 0 atom stereocenters. The minimum absolute atomic E-state index is 0.760. The molecule has 0 fully saturated rings. The average Bonchev–Trinajstić information content (AvgIpc) is 3.03. The van der Waals surface area contributed by atoms with Crippen molar-refractivity contribution in [3.63, 3.8) is 0 Å². The van der Waals surface area contributed by atoms with Crippen molar-refractivity contribution >= 4 is 11.5 Å². The summed E-state index contributed by atoms with van der Waals surface area (Å²) in [4.78, 5) is 12.1. The smallest absolute Gasteiger partial charge is 0.161 e. The zero-order valence-electron chi connectivity index (χ0n) is 14.0. The maximum absolute atomic E-state index is 5.79. The molecule has 2 aromatic rings. The fourth-order valence-corrected chi connectivity index (χ4v) is 3.04. The van der Waals surface area contributed by atoms with E-state index in [4.69, 9.17) is 15.7 Å². The Morgan fingerprint density at radius 3 is 2.39 bits per heavy atom. The van der Waals surface area contributed by atoms with Gasteiger partial charge in [-0.1, -0.05) is 13.8 Å². The number of anilines is 2. The number of fused-ring (bicyclic) bond motifs is 1. The molecule has 23 heavy (non-hydrogen) atoms. The number of nitrogens with one attached hydrogen (secondary N) is 1. The highest BCUT2D eigenvalue weighted by atomic mass is 15.2. The zero-order valence-corrected chi connectivity index (χ0v) is 14.0. The summed E-state index contributed by atoms with van der Waals surface area (Å²) in [5, 5.41) is 3.41. The van der Waals surface area contributed by atoms with Crippen LogP contribution in [0.15, 0.2) is 24.3 Å². The molecule has 122 valence electrons. The summed E-state index contributed by atoms with van der Waals surface area (Å²) in [6.07, 6.45) is 2.23. The molecule has 0 unspecified atom stereocenters. The Labute approximate surface area is 137 Å². The molecule has 1 aromatic heterocycles. The summed E-state index contributed by atoms with van der Waals surface area (Å²) < 4.78 is 0. The first kappa shape index (κ1) is 15.7. The monoisotopic (exact) mass is 311 g/mol. The molecule has 3 rings (SSSR count). The van der Waals surface area contributed by atoms with E-state index in [1.165, 1.54) is 5.56 Å². The molecule has 1 aromatic carbocycles. The lowest BCUT2D eigenvalue weighted by Crippen LogP contribution is -2.27. The van der Waals surface area contributed by atoms with Gasteiger partial charge in [0.15, 0.2) is 5.82 Å². The highest BCUT2D eigenvalue weighted by Gasteiger charge is 2.22. The van der Waals surface area contributed by atoms with Crippen LogP contribution in [0.4, 0.5) is 11.5 Å². The molecule has 0 saturated heterocycles. The molecule has 0 saturated carbocycles. The van der Waals surface area contributed by atoms with Gasteiger partial charge >= 0.3 is 0 Å². The number of aromatic nitrogens is 2. The van der Waals surface area contributed by atoms with Crippen LogP contribution in [-0.2, 0) is 13.1 Å². The number of rotatable bonds is 6. The number of hydrogen-bond acceptors (Lipinski definition) is 5. The van der Waals surface area contributed by atoms with Gasteiger partial charge < -0.3 is 16.0 Å². The van der Waals surface area contributed by atoms with Crippen LogP contribution in [-0.4, -0.2) is 23.1 Å². The molecule has 1 aliphatic rings. The second-order valence-electron chi connectivity index (χ2n) is 6.01. The van der Waals surface area contributed by atoms with Gasteiger partial charge in [-0.3, -0.25) is 0 Å². The summed E-state index contributed by atoms with van der Waals surface area (Å²) in [5.74, 6) is 1.88. The fourth-order valence-electron chi connectivity index (χ4n) is 3.04. The minimum Gasteiger partial charge on any atom is -0.399 e. The van der Waals surface area contributed by atoms with Gasteiger partial charge in [-0.05, 0) is 37.1 Å². The summed E-state index contributed by atoms with van der Waals surface area (Å²) in [6.45, 7) is 8.15. The van der Waals surface area contributed by atoms with E-state index in [0.717, 1.165) is 67.6 Å². The largest absolute Gasteiger partial charge is 0.399 e. The highest BCUT2D eigenvalue weighted by Crippen LogP contribution is 2.28. The van der Waals surface area contributed by atoms with Crippen LogP contribution < -0.4 is 16.0 Å². The lowest BCUT2D eigenvalue weighted by molar-refractivity contribution is 0.723. The SMILES string of the molecule is CCCN(CCC)c1nc(-c2ccc(N)cc2)nc2c1CNC2. The van der Waals surface area contributed by atoms with Gasteiger partial charge in [0.25, 0.3) is 0 Å². The zero-order chi connectivity index (χ0) is 16.2. The van der Waals surface area contributed by atoms with E-state index in [2.05, 4.69) is 24.1 Å². The van der Waals surface area contributed by atoms with Gasteiger partial charge in [0, 0.05) is 43.0 Å². The first-order chi connectivity index (χ1) is 11.2. The third-order valence-corrected chi connectivity index (χ3v) is 4.12. The van der Waals surface area contributed by atoms with Crippen LogP contribution in [0.1, 0.15) is 37.9 Å². The van der Waals surface area contributed by atoms with E-state index >= 15 is 0 Å². The minimum atomic E-state index is 0.760. The standard InChI is InChI=1S/C18H25N5/c1-3-9-23(10-4-2)18-15-11-20-12-16(15)21-17(22-18)13-5-7-14(19)8-6-13/h5-8,20H,3-4,9-12,19H2,1-2H3. The number of benzene rings is 1. The average molecular weight is 311 g/mol. The molecule has 0 aliphatic carbocycles. The Bertz CT molecular complexity index is 660. The van der Waals surface area contributed by atoms with Crippen molar-refractivity contribution in [2.75, 3.05) is 23.7 Å². The van der Waals surface area contributed by atoms with Crippen LogP contribution in [0.25, 0.3) is 11.4 Å². The van der Waals surface area contributed by atoms with Crippen molar-refractivity contribution in [2.45, 2.75) is 39.8 Å². The number of nitrogen functional groups attached to an aromatic ring is 1. The van der Waals surface area contributed by atoms with E-state index in [0.29, 0.717) is 0 Å². The van der Waals surface area contributed by atoms with E-state index in [-0.39, 0.29) is 0 Å². The van der Waals surface area contributed by atoms with Crippen LogP contribution in [0.5, 0.6) is 0 Å². The van der Waals surface area contributed by atoms with Crippen molar-refractivity contribution in [1.82, 2.24) is 15.3 Å². The summed E-state index contributed by atoms with van der Waals surface area (Å²) in [7, 11) is 0. The Kier molecular flexibility index (Phi) is 4.76. The van der Waals surface area contributed by atoms with Gasteiger partial charge in [0.2, 0.25) is 0 Å². The first-order valence-corrected chi connectivity index (χ1v) is 8.44. The molecule has 1 aliphatic heterocycles. The number of hydrogen-bond donors (Lipinski definition) is 2. The lowest BCUT2D eigenvalue weighted by Gasteiger charge is -2.25. The van der Waals surface area contributed by atoms with Gasteiger partial charge in [0.1, 0.15) is 5.82 Å². The van der Waals surface area contributed by atoms with Gasteiger partial charge in [-0.15, -0.1) is 0 Å². The van der Waals surface area contributed by atoms with E-state index < -0.39 is 0 Å². The summed E-state index contributed by atoms with van der Waals surface area (Å²) >= 11 is 0. The quantitative estimate of drug-likeness (QED) is 0.803. The molecule has 3 N–H and O–H groups in total. The normalized spacial score (nSPS) is 13.1. The summed E-state index contributed by atoms with van der Waals surface area (Å²) in [6, 6.07) is 7.79. The van der Waals surface area contributed by atoms with Crippen LogP contribution in [0, 0.1) is 0 Å². The van der Waals surface area contributed by atoms with Gasteiger partial charge in [-0.25, -0.2) is 9.97 Å². The van der Waals surface area contributed by atoms with Gasteiger partial charge in [-0.2, -0.15) is 0 Å². The maximum atomic E-state index is 5.79. The molecular weight excluding hydrogens is 286 g/mol. The second kappa shape index (κ2) is 6.96. The fraction of sp³-hybridized carbons (Fsp3) is 0.444. The van der Waals surface area contributed by atoms with E-state index in [9.17, 15) is 0 Å². The summed E-state index contributed by atoms with van der Waals surface area (Å²) in [5.41, 5.74) is 9.95. The van der Waals surface area contributed by atoms with Crippen molar-refractivity contribution < 1.29 is 0 Å². The first-order valence-electron chi connectivity index (χ1n) is 8.44. The third kappa shape index (κ3) is 3.29. The number of nitrogens with two attached hydrogens (primary N) is 1. The Hall–Kier alpha value is -2.14. The molecule has 2 heterocycles. The van der Waals surface area contributed by atoms with Crippen molar-refractivity contribution in [2.24, 2.45) is 0 Å². The topological polar surface area (TPSA) is 67.1 Å². The molecule has 5 heteroatoms. The maximum Gasteiger partial charge on any atom is 0.161 e. The molecule has 5 nitrogen and oxygen atoms in total. The Morgan fingerprint density at radius 1 is 1.04 bits per heavy atom. The van der Waals surface area contributed by atoms with Crippen LogP contribution in [0.2, 0.25) is 0 Å². The predicted octanol–water partition coefficient (Wildman–Crippen LogP) is 2.96. The Morgan fingerprint density at radius 2 is 1.74 bits per heavy atom. The van der Waals surface area contributed by atoms with E-state index in [1.807, 2.05) is 24.3 Å². The number of nitrogens with zero attached hydrogens (tertiary/aromatic N) is 3.